The molecule has 0 spiro atoms. The fourth-order valence-electron chi connectivity index (χ4n) is 3.22. The second kappa shape index (κ2) is 9.46. The van der Waals surface area contributed by atoms with Crippen molar-refractivity contribution in [3.05, 3.63) is 59.7 Å². The molecule has 150 valence electrons. The normalized spacial score (nSPS) is 14.9. The minimum absolute atomic E-state index is 0.246. The van der Waals surface area contributed by atoms with Crippen LogP contribution in [0.3, 0.4) is 0 Å². The summed E-state index contributed by atoms with van der Waals surface area (Å²) in [7, 11) is 3.30. The summed E-state index contributed by atoms with van der Waals surface area (Å²) in [6.45, 7) is 4.57. The summed E-state index contributed by atoms with van der Waals surface area (Å²) in [5.74, 6) is 1.99. The first-order valence-electron chi connectivity index (χ1n) is 9.50. The molecule has 1 aliphatic heterocycles. The predicted molar refractivity (Wildman–Crippen MR) is 108 cm³/mol. The third kappa shape index (κ3) is 4.95. The number of ether oxygens (including phenoxy) is 3. The van der Waals surface area contributed by atoms with Crippen molar-refractivity contribution in [2.24, 2.45) is 5.92 Å². The lowest BCUT2D eigenvalue weighted by Gasteiger charge is -2.41. The van der Waals surface area contributed by atoms with Crippen LogP contribution < -0.4 is 14.8 Å². The second-order valence-corrected chi connectivity index (χ2v) is 7.05. The van der Waals surface area contributed by atoms with Crippen LogP contribution in [-0.4, -0.2) is 44.3 Å². The molecule has 28 heavy (non-hydrogen) atoms. The Morgan fingerprint density at radius 3 is 2.57 bits per heavy atom. The molecule has 2 aromatic rings. The summed E-state index contributed by atoms with van der Waals surface area (Å²) in [5, 5.41) is 3.53. The first kappa shape index (κ1) is 20.0. The summed E-state index contributed by atoms with van der Waals surface area (Å²) in [4.78, 5) is 13.9. The molecular formula is C22H28N2O4. The Morgan fingerprint density at radius 1 is 1.14 bits per heavy atom. The highest BCUT2D eigenvalue weighted by atomic mass is 16.6. The number of amides is 1. The van der Waals surface area contributed by atoms with Crippen molar-refractivity contribution in [2.75, 3.05) is 27.3 Å². The maximum Gasteiger partial charge on any atom is 0.410 e. The van der Waals surface area contributed by atoms with E-state index in [0.29, 0.717) is 32.2 Å². The van der Waals surface area contributed by atoms with E-state index in [4.69, 9.17) is 14.2 Å². The number of carbonyl (C=O) groups is 1. The van der Waals surface area contributed by atoms with Crippen molar-refractivity contribution in [3.63, 3.8) is 0 Å². The quantitative estimate of drug-likeness (QED) is 0.755. The van der Waals surface area contributed by atoms with E-state index < -0.39 is 0 Å². The minimum atomic E-state index is -0.246. The van der Waals surface area contributed by atoms with Gasteiger partial charge in [0.2, 0.25) is 0 Å². The fourth-order valence-corrected chi connectivity index (χ4v) is 3.22. The molecular weight excluding hydrogens is 356 g/mol. The van der Waals surface area contributed by atoms with Gasteiger partial charge in [0.25, 0.3) is 0 Å². The van der Waals surface area contributed by atoms with Gasteiger partial charge < -0.3 is 24.4 Å². The highest BCUT2D eigenvalue weighted by molar-refractivity contribution is 5.68. The number of rotatable bonds is 8. The molecule has 0 bridgehead atoms. The van der Waals surface area contributed by atoms with Gasteiger partial charge in [-0.05, 0) is 18.6 Å². The van der Waals surface area contributed by atoms with Gasteiger partial charge in [0.15, 0.2) is 0 Å². The van der Waals surface area contributed by atoms with Gasteiger partial charge in [-0.3, -0.25) is 0 Å². The average molecular weight is 384 g/mol. The summed E-state index contributed by atoms with van der Waals surface area (Å²) in [6, 6.07) is 15.8. The zero-order valence-corrected chi connectivity index (χ0v) is 16.7. The maximum atomic E-state index is 12.1. The Kier molecular flexibility index (Phi) is 6.76. The van der Waals surface area contributed by atoms with Gasteiger partial charge in [-0.2, -0.15) is 0 Å². The zero-order valence-electron chi connectivity index (χ0n) is 16.7. The summed E-state index contributed by atoms with van der Waals surface area (Å²) >= 11 is 0. The Labute approximate surface area is 166 Å². The van der Waals surface area contributed by atoms with Crippen LogP contribution in [0.15, 0.2) is 48.5 Å². The predicted octanol–water partition coefficient (Wildman–Crippen LogP) is 3.45. The molecule has 0 saturated carbocycles. The molecule has 6 heteroatoms. The van der Waals surface area contributed by atoms with Crippen LogP contribution in [0.2, 0.25) is 0 Å². The van der Waals surface area contributed by atoms with Crippen molar-refractivity contribution in [3.8, 4) is 11.5 Å². The largest absolute Gasteiger partial charge is 0.497 e. The standard InChI is InChI=1S/C22H28N2O4/c1-16(23-12-18-9-10-20(26-2)11-21(18)27-3)19-13-24(14-19)22(25)28-15-17-7-5-4-6-8-17/h4-11,16,19,23H,12-15H2,1-3H3/t16-/m1/s1. The van der Waals surface area contributed by atoms with E-state index in [1.165, 1.54) is 0 Å². The molecule has 0 unspecified atom stereocenters. The second-order valence-electron chi connectivity index (χ2n) is 7.05. The van der Waals surface area contributed by atoms with Crippen molar-refractivity contribution >= 4 is 6.09 Å². The highest BCUT2D eigenvalue weighted by Gasteiger charge is 2.35. The molecule has 0 aromatic heterocycles. The van der Waals surface area contributed by atoms with Crippen LogP contribution in [-0.2, 0) is 17.9 Å². The number of likely N-dealkylation sites (tertiary alicyclic amines) is 1. The SMILES string of the molecule is COc1ccc(CN[C@H](C)C2CN(C(=O)OCc3ccccc3)C2)c(OC)c1. The Balaban J connectivity index is 1.41. The first-order chi connectivity index (χ1) is 13.6. The number of hydrogen-bond donors (Lipinski definition) is 1. The van der Waals surface area contributed by atoms with Crippen LogP contribution in [0.4, 0.5) is 4.79 Å². The lowest BCUT2D eigenvalue weighted by Crippen LogP contribution is -2.56. The minimum Gasteiger partial charge on any atom is -0.497 e. The van der Waals surface area contributed by atoms with E-state index in [1.807, 2.05) is 48.5 Å². The van der Waals surface area contributed by atoms with Gasteiger partial charge in [0, 0.05) is 43.2 Å². The van der Waals surface area contributed by atoms with E-state index in [9.17, 15) is 4.79 Å². The van der Waals surface area contributed by atoms with Crippen molar-refractivity contribution in [2.45, 2.75) is 26.1 Å². The lowest BCUT2D eigenvalue weighted by molar-refractivity contribution is 0.0395. The number of nitrogens with one attached hydrogen (secondary N) is 1. The summed E-state index contributed by atoms with van der Waals surface area (Å²) in [5.41, 5.74) is 2.07. The van der Waals surface area contributed by atoms with Gasteiger partial charge in [-0.1, -0.05) is 36.4 Å². The van der Waals surface area contributed by atoms with E-state index in [1.54, 1.807) is 19.1 Å². The van der Waals surface area contributed by atoms with Crippen LogP contribution in [0.5, 0.6) is 11.5 Å². The monoisotopic (exact) mass is 384 g/mol. The smallest absolute Gasteiger partial charge is 0.410 e. The number of methoxy groups -OCH3 is 2. The molecule has 1 N–H and O–H groups in total. The third-order valence-electron chi connectivity index (χ3n) is 5.19. The molecule has 3 rings (SSSR count). The number of nitrogens with zero attached hydrogens (tertiary/aromatic N) is 1. The molecule has 0 radical (unpaired) electrons. The van der Waals surface area contributed by atoms with E-state index in [2.05, 4.69) is 12.2 Å². The number of benzene rings is 2. The zero-order chi connectivity index (χ0) is 19.9. The molecule has 1 atom stereocenters. The van der Waals surface area contributed by atoms with E-state index in [-0.39, 0.29) is 12.1 Å². The Hall–Kier alpha value is -2.73. The van der Waals surface area contributed by atoms with Crippen LogP contribution in [0.1, 0.15) is 18.1 Å². The fraction of sp³-hybridized carbons (Fsp3) is 0.409. The molecule has 2 aromatic carbocycles. The first-order valence-corrected chi connectivity index (χ1v) is 9.50. The highest BCUT2D eigenvalue weighted by Crippen LogP contribution is 2.25. The van der Waals surface area contributed by atoms with Crippen molar-refractivity contribution in [1.29, 1.82) is 0 Å². The molecule has 1 amide bonds. The Bertz CT molecular complexity index is 775. The molecule has 1 fully saturated rings. The molecule has 1 heterocycles. The van der Waals surface area contributed by atoms with Gasteiger partial charge >= 0.3 is 6.09 Å². The molecule has 6 nitrogen and oxygen atoms in total. The lowest BCUT2D eigenvalue weighted by atomic mass is 9.93. The number of hydrogen-bond acceptors (Lipinski definition) is 5. The summed E-state index contributed by atoms with van der Waals surface area (Å²) < 4.78 is 16.1. The topological polar surface area (TPSA) is 60.0 Å². The molecule has 1 saturated heterocycles. The number of carbonyl (C=O) groups excluding carboxylic acids is 1. The van der Waals surface area contributed by atoms with E-state index in [0.717, 1.165) is 22.6 Å². The van der Waals surface area contributed by atoms with Gasteiger partial charge in [-0.25, -0.2) is 4.79 Å². The molecule has 0 aliphatic carbocycles. The van der Waals surface area contributed by atoms with Crippen LogP contribution in [0.25, 0.3) is 0 Å². The van der Waals surface area contributed by atoms with Crippen LogP contribution >= 0.6 is 0 Å². The Morgan fingerprint density at radius 2 is 1.89 bits per heavy atom. The van der Waals surface area contributed by atoms with E-state index >= 15 is 0 Å². The van der Waals surface area contributed by atoms with Gasteiger partial charge in [-0.15, -0.1) is 0 Å². The van der Waals surface area contributed by atoms with Gasteiger partial charge in [0.1, 0.15) is 18.1 Å². The van der Waals surface area contributed by atoms with Crippen molar-refractivity contribution < 1.29 is 19.0 Å². The average Bonchev–Trinajstić information content (AvgIpc) is 2.70. The summed E-state index contributed by atoms with van der Waals surface area (Å²) in [6.07, 6.45) is -0.246. The maximum absolute atomic E-state index is 12.1. The third-order valence-corrected chi connectivity index (χ3v) is 5.19. The van der Waals surface area contributed by atoms with Gasteiger partial charge in [0.05, 0.1) is 14.2 Å². The van der Waals surface area contributed by atoms with Crippen LogP contribution in [0, 0.1) is 5.92 Å². The molecule has 1 aliphatic rings. The van der Waals surface area contributed by atoms with Crippen molar-refractivity contribution in [1.82, 2.24) is 10.2 Å².